The van der Waals surface area contributed by atoms with Gasteiger partial charge in [0.05, 0.1) is 16.8 Å². The van der Waals surface area contributed by atoms with Gasteiger partial charge in [0.2, 0.25) is 0 Å². The van der Waals surface area contributed by atoms with E-state index in [1.165, 1.54) is 12.8 Å². The van der Waals surface area contributed by atoms with Crippen molar-refractivity contribution in [1.29, 1.82) is 0 Å². The lowest BCUT2D eigenvalue weighted by atomic mass is 10.2. The number of ether oxygens (including phenoxy) is 3. The summed E-state index contributed by atoms with van der Waals surface area (Å²) in [5, 5.41) is 3.28. The molecule has 0 bridgehead atoms. The number of carbonyl (C=O) groups excluding carboxylic acids is 1. The summed E-state index contributed by atoms with van der Waals surface area (Å²) in [5.41, 5.74) is 0.523. The van der Waals surface area contributed by atoms with E-state index in [-0.39, 0.29) is 12.0 Å². The first kappa shape index (κ1) is 16.4. The van der Waals surface area contributed by atoms with Gasteiger partial charge in [0.15, 0.2) is 11.5 Å². The minimum atomic E-state index is -0.456. The Labute approximate surface area is 141 Å². The Hall–Kier alpha value is -1.46. The molecular weight excluding hydrogens is 318 g/mol. The van der Waals surface area contributed by atoms with Crippen LogP contribution in [0.25, 0.3) is 0 Å². The van der Waals surface area contributed by atoms with E-state index in [1.807, 2.05) is 6.92 Å². The minimum absolute atomic E-state index is 0.169. The van der Waals surface area contributed by atoms with Crippen molar-refractivity contribution in [2.24, 2.45) is 0 Å². The van der Waals surface area contributed by atoms with E-state index in [2.05, 4.69) is 5.32 Å². The third kappa shape index (κ3) is 3.90. The van der Waals surface area contributed by atoms with Crippen LogP contribution < -0.4 is 14.8 Å². The van der Waals surface area contributed by atoms with E-state index in [9.17, 15) is 4.79 Å². The number of halogens is 1. The van der Waals surface area contributed by atoms with Crippen LogP contribution in [0.3, 0.4) is 0 Å². The van der Waals surface area contributed by atoms with Gasteiger partial charge in [-0.3, -0.25) is 4.79 Å². The van der Waals surface area contributed by atoms with Crippen molar-refractivity contribution in [3.8, 4) is 11.5 Å². The highest BCUT2D eigenvalue weighted by atomic mass is 35.5. The first-order valence-corrected chi connectivity index (χ1v) is 8.60. The van der Waals surface area contributed by atoms with Crippen molar-refractivity contribution in [2.45, 2.75) is 51.2 Å². The monoisotopic (exact) mass is 339 g/mol. The zero-order valence-electron chi connectivity index (χ0n) is 13.3. The smallest absolute Gasteiger partial charge is 0.253 e. The Kier molecular flexibility index (Phi) is 5.28. The average Bonchev–Trinajstić information content (AvgIpc) is 3.06. The molecule has 1 N–H and O–H groups in total. The minimum Gasteiger partial charge on any atom is -0.486 e. The molecule has 1 saturated carbocycles. The van der Waals surface area contributed by atoms with Crippen LogP contribution in [0.1, 0.15) is 39.0 Å². The van der Waals surface area contributed by atoms with Crippen LogP contribution in [0.5, 0.6) is 11.5 Å². The lowest BCUT2D eigenvalue weighted by Crippen LogP contribution is -2.33. The van der Waals surface area contributed by atoms with E-state index in [0.717, 1.165) is 12.8 Å². The Morgan fingerprint density at radius 3 is 2.61 bits per heavy atom. The van der Waals surface area contributed by atoms with Crippen molar-refractivity contribution in [3.63, 3.8) is 0 Å². The van der Waals surface area contributed by atoms with Crippen LogP contribution >= 0.6 is 11.6 Å². The molecule has 1 unspecified atom stereocenters. The van der Waals surface area contributed by atoms with Gasteiger partial charge in [-0.2, -0.15) is 0 Å². The molecule has 1 fully saturated rings. The Morgan fingerprint density at radius 1 is 1.30 bits per heavy atom. The number of amides is 1. The van der Waals surface area contributed by atoms with Crippen molar-refractivity contribution in [1.82, 2.24) is 0 Å². The van der Waals surface area contributed by atoms with Gasteiger partial charge in [0.25, 0.3) is 5.91 Å². The molecule has 1 aromatic carbocycles. The second-order valence-electron chi connectivity index (χ2n) is 5.90. The zero-order chi connectivity index (χ0) is 16.2. The summed E-state index contributed by atoms with van der Waals surface area (Å²) in [6.07, 6.45) is 4.80. The fourth-order valence-electron chi connectivity index (χ4n) is 2.97. The molecule has 1 atom stereocenters. The molecule has 0 aromatic heterocycles. The molecule has 1 aromatic rings. The fraction of sp³-hybridized carbons (Fsp3) is 0.588. The summed E-state index contributed by atoms with van der Waals surface area (Å²) in [5.74, 6) is 1.03. The predicted molar refractivity (Wildman–Crippen MR) is 88.5 cm³/mol. The third-order valence-corrected chi connectivity index (χ3v) is 4.52. The molecule has 0 radical (unpaired) electrons. The van der Waals surface area contributed by atoms with E-state index in [4.69, 9.17) is 25.8 Å². The quantitative estimate of drug-likeness (QED) is 0.886. The van der Waals surface area contributed by atoms with E-state index in [1.54, 1.807) is 12.1 Å². The van der Waals surface area contributed by atoms with Crippen molar-refractivity contribution in [3.05, 3.63) is 17.2 Å². The lowest BCUT2D eigenvalue weighted by molar-refractivity contribution is -0.131. The van der Waals surface area contributed by atoms with Crippen LogP contribution in [0.2, 0.25) is 5.02 Å². The molecule has 23 heavy (non-hydrogen) atoms. The SMILES string of the molecule is CCC(OC1CCCC1)C(=O)Nc1cc2c(cc1Cl)OCCO2. The van der Waals surface area contributed by atoms with Crippen molar-refractivity contribution < 1.29 is 19.0 Å². The molecule has 1 heterocycles. The molecule has 6 heteroatoms. The van der Waals surface area contributed by atoms with Gasteiger partial charge in [-0.15, -0.1) is 0 Å². The van der Waals surface area contributed by atoms with Gasteiger partial charge >= 0.3 is 0 Å². The first-order valence-electron chi connectivity index (χ1n) is 8.23. The number of benzene rings is 1. The molecule has 0 spiro atoms. The van der Waals surface area contributed by atoms with Crippen LogP contribution in [-0.4, -0.2) is 31.3 Å². The second kappa shape index (κ2) is 7.41. The van der Waals surface area contributed by atoms with Crippen LogP contribution in [0, 0.1) is 0 Å². The summed E-state index contributed by atoms with van der Waals surface area (Å²) >= 11 is 6.23. The zero-order valence-corrected chi connectivity index (χ0v) is 14.0. The number of rotatable bonds is 5. The van der Waals surface area contributed by atoms with Gasteiger partial charge in [-0.1, -0.05) is 31.4 Å². The number of hydrogen-bond donors (Lipinski definition) is 1. The first-order chi connectivity index (χ1) is 11.2. The summed E-state index contributed by atoms with van der Waals surface area (Å²) in [7, 11) is 0. The summed E-state index contributed by atoms with van der Waals surface area (Å²) in [6.45, 7) is 2.94. The highest BCUT2D eigenvalue weighted by molar-refractivity contribution is 6.34. The molecule has 2 aliphatic rings. The van der Waals surface area contributed by atoms with Gasteiger partial charge in [0.1, 0.15) is 19.3 Å². The number of anilines is 1. The number of hydrogen-bond acceptors (Lipinski definition) is 4. The Morgan fingerprint density at radius 2 is 1.96 bits per heavy atom. The van der Waals surface area contributed by atoms with Gasteiger partial charge in [-0.25, -0.2) is 0 Å². The summed E-state index contributed by atoms with van der Waals surface area (Å²) < 4.78 is 16.9. The molecule has 3 rings (SSSR count). The third-order valence-electron chi connectivity index (χ3n) is 4.21. The number of nitrogens with one attached hydrogen (secondary N) is 1. The van der Waals surface area contributed by atoms with E-state index >= 15 is 0 Å². The van der Waals surface area contributed by atoms with Gasteiger partial charge < -0.3 is 19.5 Å². The maximum absolute atomic E-state index is 12.5. The second-order valence-corrected chi connectivity index (χ2v) is 6.31. The van der Waals surface area contributed by atoms with Crippen LogP contribution in [0.4, 0.5) is 5.69 Å². The lowest BCUT2D eigenvalue weighted by Gasteiger charge is -2.22. The van der Waals surface area contributed by atoms with Crippen molar-refractivity contribution in [2.75, 3.05) is 18.5 Å². The van der Waals surface area contributed by atoms with E-state index < -0.39 is 6.10 Å². The normalized spacial score (nSPS) is 18.7. The molecular formula is C17H22ClNO4. The fourth-order valence-corrected chi connectivity index (χ4v) is 3.17. The number of carbonyl (C=O) groups is 1. The molecule has 1 amide bonds. The highest BCUT2D eigenvalue weighted by Crippen LogP contribution is 2.38. The summed E-state index contributed by atoms with van der Waals surface area (Å²) in [6, 6.07) is 3.38. The molecule has 126 valence electrons. The van der Waals surface area contributed by atoms with Gasteiger partial charge in [-0.05, 0) is 19.3 Å². The molecule has 5 nitrogen and oxygen atoms in total. The molecule has 1 aliphatic heterocycles. The topological polar surface area (TPSA) is 56.8 Å². The predicted octanol–water partition coefficient (Wildman–Crippen LogP) is 3.79. The Balaban J connectivity index is 1.68. The number of fused-ring (bicyclic) bond motifs is 1. The van der Waals surface area contributed by atoms with Crippen LogP contribution in [-0.2, 0) is 9.53 Å². The maximum atomic E-state index is 12.5. The largest absolute Gasteiger partial charge is 0.486 e. The van der Waals surface area contributed by atoms with Crippen molar-refractivity contribution >= 4 is 23.2 Å². The summed E-state index contributed by atoms with van der Waals surface area (Å²) in [4.78, 5) is 12.5. The molecule has 1 aliphatic carbocycles. The standard InChI is InChI=1S/C17H22ClNO4/c1-2-14(23-11-5-3-4-6-11)17(20)19-13-10-16-15(9-12(13)18)21-7-8-22-16/h9-11,14H,2-8H2,1H3,(H,19,20). The van der Waals surface area contributed by atoms with Crippen LogP contribution in [0.15, 0.2) is 12.1 Å². The van der Waals surface area contributed by atoms with Gasteiger partial charge in [0, 0.05) is 12.1 Å². The average molecular weight is 340 g/mol. The molecule has 0 saturated heterocycles. The van der Waals surface area contributed by atoms with E-state index in [0.29, 0.717) is 41.8 Å². The maximum Gasteiger partial charge on any atom is 0.253 e. The highest BCUT2D eigenvalue weighted by Gasteiger charge is 2.25. The Bertz CT molecular complexity index is 572.